The van der Waals surface area contributed by atoms with Crippen LogP contribution in [0.3, 0.4) is 0 Å². The summed E-state index contributed by atoms with van der Waals surface area (Å²) in [7, 11) is 6.03. The van der Waals surface area contributed by atoms with Crippen molar-refractivity contribution >= 4 is 12.1 Å². The Bertz CT molecular complexity index is 451. The van der Waals surface area contributed by atoms with Crippen molar-refractivity contribution in [3.8, 4) is 0 Å². The molecule has 0 aliphatic rings. The zero-order valence-corrected chi connectivity index (χ0v) is 23.4. The Morgan fingerprint density at radius 3 is 0.778 bits per heavy atom. The minimum Gasteiger partial charge on any atom is -0.364 e. The second-order valence-electron chi connectivity index (χ2n) is 6.88. The highest BCUT2D eigenvalue weighted by Crippen LogP contribution is 2.03. The number of ether oxygens (including phenoxy) is 8. The molecule has 0 spiro atoms. The molecule has 0 aromatic rings. The lowest BCUT2D eigenvalue weighted by atomic mass is 10.6. The molecule has 0 atom stereocenters. The van der Waals surface area contributed by atoms with Gasteiger partial charge in [0.1, 0.15) is 53.8 Å². The topological polar surface area (TPSA) is 121 Å². The van der Waals surface area contributed by atoms with Crippen LogP contribution in [0.25, 0.3) is 0 Å². The van der Waals surface area contributed by atoms with Crippen LogP contribution in [-0.2, 0) is 37.9 Å². The van der Waals surface area contributed by atoms with E-state index in [0.29, 0.717) is 26.4 Å². The van der Waals surface area contributed by atoms with Gasteiger partial charge in [0.15, 0.2) is 0 Å². The summed E-state index contributed by atoms with van der Waals surface area (Å²) in [5, 5.41) is 0. The molecule has 216 valence electrons. The van der Waals surface area contributed by atoms with Gasteiger partial charge in [-0.15, -0.1) is 0 Å². The summed E-state index contributed by atoms with van der Waals surface area (Å²) in [6, 6.07) is -0.499. The van der Waals surface area contributed by atoms with E-state index in [9.17, 15) is 9.59 Å². The Morgan fingerprint density at radius 2 is 0.611 bits per heavy atom. The number of carbonyl (C=O) groups excluding carboxylic acids is 2. The summed E-state index contributed by atoms with van der Waals surface area (Å²) >= 11 is 0. The van der Waals surface area contributed by atoms with Crippen molar-refractivity contribution in [2.24, 2.45) is 0 Å². The van der Waals surface area contributed by atoms with Crippen molar-refractivity contribution < 1.29 is 47.5 Å². The lowest BCUT2D eigenvalue weighted by molar-refractivity contribution is -0.0561. The van der Waals surface area contributed by atoms with Gasteiger partial charge < -0.3 is 37.9 Å². The molecule has 36 heavy (non-hydrogen) atoms. The van der Waals surface area contributed by atoms with Gasteiger partial charge in [0.05, 0.1) is 0 Å². The Kier molecular flexibility index (Phi) is 26.6. The molecule has 14 nitrogen and oxygen atoms in total. The minimum atomic E-state index is -0.271. The fraction of sp³-hybridized carbons (Fsp3) is 0.909. The predicted molar refractivity (Wildman–Crippen MR) is 132 cm³/mol. The average molecular weight is 529 g/mol. The van der Waals surface area contributed by atoms with Crippen LogP contribution in [0.1, 0.15) is 27.7 Å². The van der Waals surface area contributed by atoms with Crippen molar-refractivity contribution in [2.45, 2.75) is 27.7 Å². The van der Waals surface area contributed by atoms with E-state index in [-0.39, 0.29) is 65.9 Å². The first kappa shape index (κ1) is 36.4. The van der Waals surface area contributed by atoms with Gasteiger partial charge in [0.25, 0.3) is 0 Å². The van der Waals surface area contributed by atoms with Crippen molar-refractivity contribution in [3.63, 3.8) is 0 Å². The Balaban J connectivity index is 0. The summed E-state index contributed by atoms with van der Waals surface area (Å²) in [6.45, 7) is 11.0. The van der Waals surface area contributed by atoms with Crippen LogP contribution in [0.5, 0.6) is 0 Å². The van der Waals surface area contributed by atoms with Crippen LogP contribution < -0.4 is 0 Å². The summed E-state index contributed by atoms with van der Waals surface area (Å²) in [4.78, 5) is 30.1. The maximum absolute atomic E-state index is 12.4. The van der Waals surface area contributed by atoms with E-state index in [2.05, 4.69) is 0 Å². The summed E-state index contributed by atoms with van der Waals surface area (Å²) in [5.74, 6) is 0. The Labute approximate surface area is 216 Å². The monoisotopic (exact) mass is 528 g/mol. The number of carbonyl (C=O) groups is 2. The first-order chi connectivity index (χ1) is 17.4. The van der Waals surface area contributed by atoms with Gasteiger partial charge in [-0.2, -0.15) is 0 Å². The third kappa shape index (κ3) is 17.6. The van der Waals surface area contributed by atoms with Gasteiger partial charge in [-0.25, -0.2) is 9.59 Å². The fourth-order valence-corrected chi connectivity index (χ4v) is 2.42. The number of hydrogen-bond donors (Lipinski definition) is 0. The van der Waals surface area contributed by atoms with E-state index in [1.165, 1.54) is 48.0 Å². The molecule has 4 amide bonds. The molecule has 0 saturated carbocycles. The highest BCUT2D eigenvalue weighted by Gasteiger charge is 2.22. The lowest BCUT2D eigenvalue weighted by Crippen LogP contribution is -2.47. The molecular formula is C22H48N4O10. The number of methoxy groups -OCH3 is 4. The van der Waals surface area contributed by atoms with E-state index in [0.717, 1.165) is 0 Å². The molecule has 14 heteroatoms. The smallest absolute Gasteiger partial charge is 0.327 e. The zero-order chi connectivity index (χ0) is 27.6. The van der Waals surface area contributed by atoms with Crippen LogP contribution in [0.4, 0.5) is 9.59 Å². The third-order valence-electron chi connectivity index (χ3n) is 4.03. The van der Waals surface area contributed by atoms with Crippen LogP contribution in [-0.4, -0.2) is 140 Å². The standard InChI is InChI=1S/C13H28N2O5.C9H20N2O5/c1-5-17-9-14(10-18-6-2)13(16)15(11-19-7-3)12-20-8-4;1-13-5-10(6-14-2)9(12)11(7-15-3)8-16-4/h5-12H2,1-4H3;5-8H2,1-4H3. The summed E-state index contributed by atoms with van der Waals surface area (Å²) in [5.41, 5.74) is 0. The number of rotatable bonds is 20. The van der Waals surface area contributed by atoms with Gasteiger partial charge in [0.2, 0.25) is 0 Å². The fourth-order valence-electron chi connectivity index (χ4n) is 2.42. The molecule has 0 aromatic heterocycles. The van der Waals surface area contributed by atoms with Crippen molar-refractivity contribution in [1.82, 2.24) is 19.6 Å². The summed E-state index contributed by atoms with van der Waals surface area (Å²) in [6.07, 6.45) is 0. The van der Waals surface area contributed by atoms with Crippen LogP contribution in [0, 0.1) is 0 Å². The van der Waals surface area contributed by atoms with Gasteiger partial charge in [-0.1, -0.05) is 0 Å². The van der Waals surface area contributed by atoms with Crippen molar-refractivity contribution in [2.75, 3.05) is 109 Å². The number of nitrogens with zero attached hydrogens (tertiary/aromatic N) is 4. The maximum atomic E-state index is 12.4. The molecule has 0 aromatic carbocycles. The van der Waals surface area contributed by atoms with Crippen LogP contribution in [0.2, 0.25) is 0 Å². The third-order valence-corrected chi connectivity index (χ3v) is 4.03. The molecular weight excluding hydrogens is 480 g/mol. The molecule has 0 aliphatic heterocycles. The Morgan fingerprint density at radius 1 is 0.417 bits per heavy atom. The van der Waals surface area contributed by atoms with Gasteiger partial charge >= 0.3 is 12.1 Å². The number of urea groups is 2. The molecule has 0 bridgehead atoms. The van der Waals surface area contributed by atoms with E-state index in [1.54, 1.807) is 0 Å². The quantitative estimate of drug-likeness (QED) is 0.216. The molecule has 0 unspecified atom stereocenters. The normalized spacial score (nSPS) is 10.4. The second-order valence-corrected chi connectivity index (χ2v) is 6.88. The van der Waals surface area contributed by atoms with Gasteiger partial charge in [-0.3, -0.25) is 19.6 Å². The minimum absolute atomic E-state index is 0.149. The molecule has 0 rings (SSSR count). The first-order valence-corrected chi connectivity index (χ1v) is 11.8. The van der Waals surface area contributed by atoms with E-state index >= 15 is 0 Å². The SMILES string of the molecule is CCOCN(COCC)C(=O)N(COCC)COCC.COCN(COC)C(=O)N(COC)COC. The average Bonchev–Trinajstić information content (AvgIpc) is 2.88. The van der Waals surface area contributed by atoms with Crippen molar-refractivity contribution in [3.05, 3.63) is 0 Å². The highest BCUT2D eigenvalue weighted by molar-refractivity contribution is 5.74. The molecule has 0 N–H and O–H groups in total. The van der Waals surface area contributed by atoms with E-state index in [1.807, 2.05) is 27.7 Å². The zero-order valence-electron chi connectivity index (χ0n) is 23.4. The number of amides is 4. The van der Waals surface area contributed by atoms with Crippen LogP contribution in [0.15, 0.2) is 0 Å². The van der Waals surface area contributed by atoms with Gasteiger partial charge in [0, 0.05) is 54.9 Å². The maximum Gasteiger partial charge on any atom is 0.327 e. The van der Waals surface area contributed by atoms with Crippen LogP contribution >= 0.6 is 0 Å². The largest absolute Gasteiger partial charge is 0.364 e. The summed E-state index contributed by atoms with van der Waals surface area (Å²) < 4.78 is 40.8. The van der Waals surface area contributed by atoms with E-state index in [4.69, 9.17) is 37.9 Å². The highest BCUT2D eigenvalue weighted by atomic mass is 16.5. The molecule has 0 radical (unpaired) electrons. The van der Waals surface area contributed by atoms with Crippen molar-refractivity contribution in [1.29, 1.82) is 0 Å². The van der Waals surface area contributed by atoms with E-state index < -0.39 is 0 Å². The first-order valence-electron chi connectivity index (χ1n) is 11.8. The number of hydrogen-bond acceptors (Lipinski definition) is 10. The molecule has 0 aliphatic carbocycles. The predicted octanol–water partition coefficient (Wildman–Crippen LogP) is 1.81. The lowest BCUT2D eigenvalue weighted by Gasteiger charge is -2.29. The molecule has 0 fully saturated rings. The Hall–Kier alpha value is -1.78. The molecule has 0 saturated heterocycles. The molecule has 0 heterocycles. The van der Waals surface area contributed by atoms with Gasteiger partial charge in [-0.05, 0) is 27.7 Å². The second kappa shape index (κ2) is 26.3.